The number of thiophene rings is 1. The second-order valence-corrected chi connectivity index (χ2v) is 14.7. The van der Waals surface area contributed by atoms with Crippen molar-refractivity contribution in [1.82, 2.24) is 0 Å². The van der Waals surface area contributed by atoms with Gasteiger partial charge in [0.25, 0.3) is 0 Å². The molecule has 0 spiro atoms. The van der Waals surface area contributed by atoms with Crippen molar-refractivity contribution in [2.75, 3.05) is 0 Å². The van der Waals surface area contributed by atoms with Crippen LogP contribution in [0.1, 0.15) is 11.1 Å². The Kier molecular flexibility index (Phi) is 6.62. The number of fused-ring (bicyclic) bond motifs is 7. The Morgan fingerprint density at radius 1 is 0.442 bits per heavy atom. The van der Waals surface area contributed by atoms with E-state index < -0.39 is 0 Å². The molecule has 2 aliphatic carbocycles. The lowest BCUT2D eigenvalue weighted by Gasteiger charge is -2.33. The van der Waals surface area contributed by atoms with Gasteiger partial charge in [0.15, 0.2) is 0 Å². The third-order valence-corrected chi connectivity index (χ3v) is 11.9. The number of furan rings is 1. The first-order valence-corrected chi connectivity index (χ1v) is 18.9. The van der Waals surface area contributed by atoms with Gasteiger partial charge in [0.05, 0.1) is 0 Å². The highest BCUT2D eigenvalue weighted by Crippen LogP contribution is 2.48. The number of hydrogen-bond acceptors (Lipinski definition) is 2. The topological polar surface area (TPSA) is 13.1 Å². The Morgan fingerprint density at radius 2 is 1.02 bits per heavy atom. The van der Waals surface area contributed by atoms with Gasteiger partial charge in [-0.05, 0) is 93.8 Å². The lowest BCUT2D eigenvalue weighted by Crippen LogP contribution is -2.40. The molecule has 7 aromatic carbocycles. The quantitative estimate of drug-likeness (QED) is 0.169. The van der Waals surface area contributed by atoms with E-state index in [0.29, 0.717) is 0 Å². The fourth-order valence-electron chi connectivity index (χ4n) is 9.16. The van der Waals surface area contributed by atoms with E-state index in [4.69, 9.17) is 4.42 Å². The highest BCUT2D eigenvalue weighted by atomic mass is 32.1. The fourth-order valence-corrected chi connectivity index (χ4v) is 9.82. The highest BCUT2D eigenvalue weighted by molar-refractivity contribution is 7.08. The number of benzene rings is 7. The van der Waals surface area contributed by atoms with Gasteiger partial charge >= 0.3 is 0 Å². The molecule has 2 heterocycles. The summed E-state index contributed by atoms with van der Waals surface area (Å²) in [4.78, 5) is 0. The monoisotopic (exact) mass is 680 g/mol. The number of rotatable bonds is 4. The Morgan fingerprint density at radius 3 is 1.71 bits per heavy atom. The molecule has 0 fully saturated rings. The van der Waals surface area contributed by atoms with Crippen LogP contribution in [-0.2, 0) is 0 Å². The van der Waals surface area contributed by atoms with Crippen LogP contribution in [-0.4, -0.2) is 0 Å². The van der Waals surface area contributed by atoms with Crippen molar-refractivity contribution in [2.24, 2.45) is 11.8 Å². The maximum absolute atomic E-state index is 7.04. The van der Waals surface area contributed by atoms with Crippen molar-refractivity contribution in [3.63, 3.8) is 0 Å². The molecule has 0 N–H and O–H groups in total. The van der Waals surface area contributed by atoms with E-state index in [1.807, 2.05) is 0 Å². The molecule has 2 heteroatoms. The maximum Gasteiger partial charge on any atom is 0.142 e. The smallest absolute Gasteiger partial charge is 0.142 e. The first-order valence-electron chi connectivity index (χ1n) is 18.0. The molecule has 0 radical (unpaired) electrons. The van der Waals surface area contributed by atoms with Crippen molar-refractivity contribution in [3.05, 3.63) is 202 Å². The highest BCUT2D eigenvalue weighted by Gasteiger charge is 2.33. The zero-order valence-electron chi connectivity index (χ0n) is 28.3. The van der Waals surface area contributed by atoms with Crippen molar-refractivity contribution in [3.8, 4) is 22.3 Å². The van der Waals surface area contributed by atoms with Gasteiger partial charge in [0.1, 0.15) is 11.2 Å². The van der Waals surface area contributed by atoms with Gasteiger partial charge in [-0.1, -0.05) is 158 Å². The summed E-state index contributed by atoms with van der Waals surface area (Å²) in [6, 6.07) is 53.2. The molecule has 9 aromatic rings. The van der Waals surface area contributed by atoms with Crippen LogP contribution in [0.5, 0.6) is 0 Å². The average Bonchev–Trinajstić information content (AvgIpc) is 3.88. The summed E-state index contributed by atoms with van der Waals surface area (Å²) in [5.74, 6) is 0.423. The summed E-state index contributed by atoms with van der Waals surface area (Å²) in [6.07, 6.45) is 9.21. The summed E-state index contributed by atoms with van der Waals surface area (Å²) < 4.78 is 7.04. The third kappa shape index (κ3) is 4.28. The van der Waals surface area contributed by atoms with Crippen LogP contribution in [0, 0.1) is 11.8 Å². The Bertz CT molecular complexity index is 3010. The van der Waals surface area contributed by atoms with E-state index >= 15 is 0 Å². The van der Waals surface area contributed by atoms with Gasteiger partial charge in [-0.25, -0.2) is 0 Å². The van der Waals surface area contributed by atoms with Crippen molar-refractivity contribution < 1.29 is 4.42 Å². The standard InChI is InChI=1S/C50H32OS/c1-2-14-31(15-3-1)45-33-16-4-8-20-37(33)47(38-21-9-5-17-34(38)45)41-24-13-27-44-49(41)43-26-12-25-42(50(43)51-44)48-39-22-10-6-18-35(39)46(32-28-29-52-30-32)36-19-7-11-23-40(36)48/h1-30,35,39H. The van der Waals surface area contributed by atoms with Gasteiger partial charge in [-0.2, -0.15) is 11.3 Å². The summed E-state index contributed by atoms with van der Waals surface area (Å²) in [6.45, 7) is 0. The van der Waals surface area contributed by atoms with E-state index in [-0.39, 0.29) is 11.8 Å². The van der Waals surface area contributed by atoms with Gasteiger partial charge in [-0.3, -0.25) is 0 Å². The number of para-hydroxylation sites is 1. The molecule has 11 rings (SSSR count). The molecule has 0 bridgehead atoms. The fraction of sp³-hybridized carbons (Fsp3) is 0.0400. The van der Waals surface area contributed by atoms with Crippen LogP contribution in [0.4, 0.5) is 0 Å². The third-order valence-electron chi connectivity index (χ3n) is 11.2. The Balaban J connectivity index is 1.24. The van der Waals surface area contributed by atoms with Gasteiger partial charge < -0.3 is 4.42 Å². The Hall–Kier alpha value is -6.22. The van der Waals surface area contributed by atoms with E-state index in [2.05, 4.69) is 181 Å². The van der Waals surface area contributed by atoms with Crippen LogP contribution in [0.2, 0.25) is 0 Å². The van der Waals surface area contributed by atoms with Crippen LogP contribution in [0.15, 0.2) is 185 Å². The average molecular weight is 681 g/mol. The molecule has 1 nitrogen and oxygen atoms in total. The molecule has 2 aliphatic rings. The van der Waals surface area contributed by atoms with Crippen molar-refractivity contribution in [2.45, 2.75) is 0 Å². The maximum atomic E-state index is 7.04. The van der Waals surface area contributed by atoms with E-state index in [1.165, 1.54) is 76.5 Å². The zero-order valence-corrected chi connectivity index (χ0v) is 29.1. The van der Waals surface area contributed by atoms with Crippen LogP contribution < -0.4 is 10.4 Å². The van der Waals surface area contributed by atoms with Crippen LogP contribution in [0.3, 0.4) is 0 Å². The summed E-state index contributed by atoms with van der Waals surface area (Å²) in [7, 11) is 0. The Labute approximate surface area is 305 Å². The number of allylic oxidation sites excluding steroid dienone is 4. The molecule has 0 saturated carbocycles. The molecule has 2 atom stereocenters. The van der Waals surface area contributed by atoms with Crippen LogP contribution in [0.25, 0.3) is 76.9 Å². The largest absolute Gasteiger partial charge is 0.455 e. The molecular formula is C50H32OS. The number of hydrogen-bond donors (Lipinski definition) is 0. The second kappa shape index (κ2) is 11.7. The minimum Gasteiger partial charge on any atom is -0.455 e. The van der Waals surface area contributed by atoms with Crippen LogP contribution >= 0.6 is 11.3 Å². The first-order chi connectivity index (χ1) is 25.8. The summed E-state index contributed by atoms with van der Waals surface area (Å²) >= 11 is 1.76. The van der Waals surface area contributed by atoms with Crippen molar-refractivity contribution in [1.29, 1.82) is 0 Å². The molecule has 2 unspecified atom stereocenters. The summed E-state index contributed by atoms with van der Waals surface area (Å²) in [5, 5.41) is 14.4. The molecule has 244 valence electrons. The van der Waals surface area contributed by atoms with Gasteiger partial charge in [0, 0.05) is 28.2 Å². The molecular weight excluding hydrogens is 649 g/mol. The SMILES string of the molecule is C1=CC2C(c3ccsc3)=c3ccccc3=C(c3cccc4c3oc3cccc(-c5c6ccccc6c(-c6ccccc6)c6ccccc56)c34)C2C=C1. The van der Waals surface area contributed by atoms with E-state index in [9.17, 15) is 0 Å². The second-order valence-electron chi connectivity index (χ2n) is 13.9. The predicted molar refractivity (Wildman–Crippen MR) is 220 cm³/mol. The van der Waals surface area contributed by atoms with E-state index in [1.54, 1.807) is 11.3 Å². The minimum atomic E-state index is 0.187. The molecule has 0 amide bonds. The van der Waals surface area contributed by atoms with Crippen molar-refractivity contribution >= 4 is 66.0 Å². The lowest BCUT2D eigenvalue weighted by atomic mass is 9.70. The zero-order chi connectivity index (χ0) is 34.2. The predicted octanol–water partition coefficient (Wildman–Crippen LogP) is 12.1. The normalized spacial score (nSPS) is 16.6. The van der Waals surface area contributed by atoms with Gasteiger partial charge in [-0.15, -0.1) is 0 Å². The van der Waals surface area contributed by atoms with Gasteiger partial charge in [0.2, 0.25) is 0 Å². The summed E-state index contributed by atoms with van der Waals surface area (Å²) in [5.41, 5.74) is 12.0. The molecule has 2 aromatic heterocycles. The van der Waals surface area contributed by atoms with E-state index in [0.717, 1.165) is 21.9 Å². The first kappa shape index (κ1) is 29.5. The minimum absolute atomic E-state index is 0.187. The molecule has 0 saturated heterocycles. The lowest BCUT2D eigenvalue weighted by molar-refractivity contribution is 0.659. The molecule has 0 aliphatic heterocycles. The molecule has 52 heavy (non-hydrogen) atoms.